The zero-order chi connectivity index (χ0) is 12.8. The van der Waals surface area contributed by atoms with Gasteiger partial charge in [0.1, 0.15) is 0 Å². The van der Waals surface area contributed by atoms with E-state index in [0.29, 0.717) is 24.1 Å². The third kappa shape index (κ3) is 4.57. The minimum absolute atomic E-state index is 0.417. The summed E-state index contributed by atoms with van der Waals surface area (Å²) in [6, 6.07) is 1.25. The zero-order valence-electron chi connectivity index (χ0n) is 12.2. The Kier molecular flexibility index (Phi) is 6.45. The molecule has 0 radical (unpaired) electrons. The van der Waals surface area contributed by atoms with E-state index in [4.69, 9.17) is 4.74 Å². The van der Waals surface area contributed by atoms with Crippen LogP contribution in [0.3, 0.4) is 0 Å². The Balaban J connectivity index is 2.39. The smallest absolute Gasteiger partial charge is 0.0724 e. The van der Waals surface area contributed by atoms with E-state index in [9.17, 15) is 0 Å². The fourth-order valence-electron chi connectivity index (χ4n) is 2.86. The molecule has 102 valence electrons. The van der Waals surface area contributed by atoms with Crippen molar-refractivity contribution in [3.05, 3.63) is 0 Å². The Bertz CT molecular complexity index is 210. The Labute approximate surface area is 107 Å². The van der Waals surface area contributed by atoms with Crippen LogP contribution in [-0.4, -0.2) is 49.8 Å². The quantitative estimate of drug-likeness (QED) is 0.772. The van der Waals surface area contributed by atoms with Crippen LogP contribution >= 0.6 is 0 Å². The molecule has 0 aromatic rings. The predicted octanol–water partition coefficient (Wildman–Crippen LogP) is 2.12. The van der Waals surface area contributed by atoms with Crippen molar-refractivity contribution >= 4 is 0 Å². The molecule has 17 heavy (non-hydrogen) atoms. The van der Waals surface area contributed by atoms with Crippen molar-refractivity contribution in [3.8, 4) is 0 Å². The molecule has 0 aliphatic carbocycles. The Hall–Kier alpha value is -0.120. The summed E-state index contributed by atoms with van der Waals surface area (Å²) in [5.41, 5.74) is 0. The van der Waals surface area contributed by atoms with Gasteiger partial charge in [0.25, 0.3) is 0 Å². The average Bonchev–Trinajstić information content (AvgIpc) is 2.29. The fourth-order valence-corrected chi connectivity index (χ4v) is 2.86. The predicted molar refractivity (Wildman–Crippen MR) is 73.4 cm³/mol. The van der Waals surface area contributed by atoms with Crippen LogP contribution in [0.1, 0.15) is 40.5 Å². The first-order valence-corrected chi connectivity index (χ1v) is 7.08. The van der Waals surface area contributed by atoms with Gasteiger partial charge in [-0.2, -0.15) is 0 Å². The van der Waals surface area contributed by atoms with E-state index in [0.717, 1.165) is 13.1 Å². The molecule has 1 aliphatic rings. The van der Waals surface area contributed by atoms with Gasteiger partial charge in [-0.1, -0.05) is 13.8 Å². The first-order valence-electron chi connectivity index (χ1n) is 7.08. The molecule has 1 heterocycles. The van der Waals surface area contributed by atoms with Gasteiger partial charge in [0.05, 0.1) is 6.10 Å². The lowest BCUT2D eigenvalue weighted by Crippen LogP contribution is -2.49. The van der Waals surface area contributed by atoms with Gasteiger partial charge >= 0.3 is 0 Å². The first kappa shape index (κ1) is 14.9. The van der Waals surface area contributed by atoms with Crippen LogP contribution in [0.15, 0.2) is 0 Å². The summed E-state index contributed by atoms with van der Waals surface area (Å²) in [5, 5.41) is 3.49. The molecule has 1 aliphatic heterocycles. The Morgan fingerprint density at radius 1 is 1.41 bits per heavy atom. The summed E-state index contributed by atoms with van der Waals surface area (Å²) in [6.45, 7) is 12.5. The number of likely N-dealkylation sites (tertiary alicyclic amines) is 1. The second-order valence-corrected chi connectivity index (χ2v) is 5.58. The number of nitrogens with zero attached hydrogens (tertiary/aromatic N) is 1. The number of piperidine rings is 1. The van der Waals surface area contributed by atoms with Gasteiger partial charge in [-0.15, -0.1) is 0 Å². The molecule has 3 heteroatoms. The van der Waals surface area contributed by atoms with E-state index in [1.165, 1.54) is 19.4 Å². The van der Waals surface area contributed by atoms with Crippen molar-refractivity contribution < 1.29 is 4.74 Å². The lowest BCUT2D eigenvalue weighted by Gasteiger charge is -2.40. The SMILES string of the molecule is CCNC(C)CC(C)N1CCC(C)C(OC)C1. The first-order chi connectivity index (χ1) is 8.08. The monoisotopic (exact) mass is 242 g/mol. The van der Waals surface area contributed by atoms with Gasteiger partial charge in [-0.25, -0.2) is 0 Å². The molecule has 1 fully saturated rings. The van der Waals surface area contributed by atoms with E-state index >= 15 is 0 Å². The molecule has 1 N–H and O–H groups in total. The maximum absolute atomic E-state index is 5.58. The molecule has 1 rings (SSSR count). The van der Waals surface area contributed by atoms with Crippen molar-refractivity contribution in [2.75, 3.05) is 26.7 Å². The highest BCUT2D eigenvalue weighted by molar-refractivity contribution is 4.82. The lowest BCUT2D eigenvalue weighted by molar-refractivity contribution is -0.0186. The number of ether oxygens (including phenoxy) is 1. The van der Waals surface area contributed by atoms with E-state index in [-0.39, 0.29) is 0 Å². The standard InChI is InChI=1S/C14H30N2O/c1-6-15-12(3)9-13(4)16-8-7-11(2)14(10-16)17-5/h11-15H,6-10H2,1-5H3. The molecule has 0 spiro atoms. The van der Waals surface area contributed by atoms with Gasteiger partial charge in [0.15, 0.2) is 0 Å². The van der Waals surface area contributed by atoms with Gasteiger partial charge in [-0.3, -0.25) is 4.90 Å². The van der Waals surface area contributed by atoms with Gasteiger partial charge in [0.2, 0.25) is 0 Å². The summed E-state index contributed by atoms with van der Waals surface area (Å²) in [6.07, 6.45) is 2.90. The summed E-state index contributed by atoms with van der Waals surface area (Å²) < 4.78 is 5.58. The van der Waals surface area contributed by atoms with Gasteiger partial charge in [0, 0.05) is 25.7 Å². The third-order valence-electron chi connectivity index (χ3n) is 4.09. The molecular weight excluding hydrogens is 212 g/mol. The van der Waals surface area contributed by atoms with Crippen LogP contribution in [0.4, 0.5) is 0 Å². The highest BCUT2D eigenvalue weighted by atomic mass is 16.5. The van der Waals surface area contributed by atoms with Crippen molar-refractivity contribution in [3.63, 3.8) is 0 Å². The molecule has 0 bridgehead atoms. The van der Waals surface area contributed by atoms with E-state index < -0.39 is 0 Å². The molecular formula is C14H30N2O. The Morgan fingerprint density at radius 2 is 2.12 bits per heavy atom. The highest BCUT2D eigenvalue weighted by Crippen LogP contribution is 2.22. The second-order valence-electron chi connectivity index (χ2n) is 5.58. The van der Waals surface area contributed by atoms with Crippen molar-refractivity contribution in [2.24, 2.45) is 5.92 Å². The van der Waals surface area contributed by atoms with E-state index in [1.54, 1.807) is 0 Å². The van der Waals surface area contributed by atoms with E-state index in [2.05, 4.69) is 37.9 Å². The topological polar surface area (TPSA) is 24.5 Å². The molecule has 0 amide bonds. The van der Waals surface area contributed by atoms with Crippen molar-refractivity contribution in [1.29, 1.82) is 0 Å². The summed E-state index contributed by atoms with van der Waals surface area (Å²) >= 11 is 0. The van der Waals surface area contributed by atoms with Crippen LogP contribution in [-0.2, 0) is 4.74 Å². The molecule has 0 aromatic heterocycles. The maximum atomic E-state index is 5.58. The van der Waals surface area contributed by atoms with Crippen molar-refractivity contribution in [2.45, 2.75) is 58.7 Å². The molecule has 4 atom stereocenters. The number of hydrogen-bond donors (Lipinski definition) is 1. The largest absolute Gasteiger partial charge is 0.380 e. The number of hydrogen-bond acceptors (Lipinski definition) is 3. The van der Waals surface area contributed by atoms with E-state index in [1.807, 2.05) is 7.11 Å². The minimum atomic E-state index is 0.417. The maximum Gasteiger partial charge on any atom is 0.0724 e. The second kappa shape index (κ2) is 7.34. The lowest BCUT2D eigenvalue weighted by atomic mass is 9.94. The average molecular weight is 242 g/mol. The highest BCUT2D eigenvalue weighted by Gasteiger charge is 2.28. The van der Waals surface area contributed by atoms with Crippen LogP contribution in [0.2, 0.25) is 0 Å². The minimum Gasteiger partial charge on any atom is -0.380 e. The van der Waals surface area contributed by atoms with Crippen LogP contribution in [0.25, 0.3) is 0 Å². The van der Waals surface area contributed by atoms with Crippen LogP contribution < -0.4 is 5.32 Å². The summed E-state index contributed by atoms with van der Waals surface area (Å²) in [5.74, 6) is 0.703. The summed E-state index contributed by atoms with van der Waals surface area (Å²) in [7, 11) is 1.84. The van der Waals surface area contributed by atoms with Crippen LogP contribution in [0.5, 0.6) is 0 Å². The zero-order valence-corrected chi connectivity index (χ0v) is 12.2. The molecule has 3 nitrogen and oxygen atoms in total. The molecule has 1 saturated heterocycles. The molecule has 0 aromatic carbocycles. The number of rotatable bonds is 6. The summed E-state index contributed by atoms with van der Waals surface area (Å²) in [4.78, 5) is 2.59. The number of nitrogens with one attached hydrogen (secondary N) is 1. The third-order valence-corrected chi connectivity index (χ3v) is 4.09. The Morgan fingerprint density at radius 3 is 2.71 bits per heavy atom. The molecule has 4 unspecified atom stereocenters. The fraction of sp³-hybridized carbons (Fsp3) is 1.00. The normalized spacial score (nSPS) is 30.2. The molecule has 0 saturated carbocycles. The van der Waals surface area contributed by atoms with Gasteiger partial charge < -0.3 is 10.1 Å². The van der Waals surface area contributed by atoms with Crippen molar-refractivity contribution in [1.82, 2.24) is 10.2 Å². The number of methoxy groups -OCH3 is 1. The van der Waals surface area contributed by atoms with Crippen LogP contribution in [0, 0.1) is 5.92 Å². The van der Waals surface area contributed by atoms with Gasteiger partial charge in [-0.05, 0) is 45.7 Å².